The average Bonchev–Trinajstić information content (AvgIpc) is 2.58. The molecular formula is C22H34N2O3. The Labute approximate surface area is 163 Å². The van der Waals surface area contributed by atoms with Gasteiger partial charge in [0.05, 0.1) is 13.5 Å². The number of ether oxygens (including phenoxy) is 1. The summed E-state index contributed by atoms with van der Waals surface area (Å²) in [5.74, 6) is 1.21. The number of methoxy groups -OCH3 is 1. The molecule has 0 unspecified atom stereocenters. The summed E-state index contributed by atoms with van der Waals surface area (Å²) in [6.45, 7) is 14.8. The molecule has 2 rings (SSSR count). The molecule has 27 heavy (non-hydrogen) atoms. The molecule has 150 valence electrons. The van der Waals surface area contributed by atoms with E-state index < -0.39 is 0 Å². The minimum absolute atomic E-state index is 0.00828. The number of carbonyl (C=O) groups is 2. The number of amides is 2. The second-order valence-electron chi connectivity index (χ2n) is 8.81. The van der Waals surface area contributed by atoms with Crippen LogP contribution < -0.4 is 4.74 Å². The van der Waals surface area contributed by atoms with Crippen LogP contribution in [0.25, 0.3) is 0 Å². The summed E-state index contributed by atoms with van der Waals surface area (Å²) in [7, 11) is 1.68. The van der Waals surface area contributed by atoms with Crippen LogP contribution >= 0.6 is 0 Å². The normalized spacial score (nSPS) is 15.1. The smallest absolute Gasteiger partial charge is 0.227 e. The van der Waals surface area contributed by atoms with Gasteiger partial charge in [-0.25, -0.2) is 0 Å². The molecule has 0 saturated carbocycles. The number of carbonyl (C=O) groups excluding carboxylic acids is 2. The summed E-state index contributed by atoms with van der Waals surface area (Å²) in [6.07, 6.45) is 0.942. The highest BCUT2D eigenvalue weighted by molar-refractivity contribution is 5.81. The van der Waals surface area contributed by atoms with E-state index in [4.69, 9.17) is 4.74 Å². The molecule has 2 amide bonds. The lowest BCUT2D eigenvalue weighted by Gasteiger charge is -2.36. The number of hydrogen-bond acceptors (Lipinski definition) is 3. The molecule has 5 heteroatoms. The summed E-state index contributed by atoms with van der Waals surface area (Å²) in [6, 6.07) is 2.06. The van der Waals surface area contributed by atoms with Gasteiger partial charge in [0.15, 0.2) is 0 Å². The van der Waals surface area contributed by atoms with Gasteiger partial charge in [-0.15, -0.1) is 0 Å². The maximum absolute atomic E-state index is 12.8. The van der Waals surface area contributed by atoms with Gasteiger partial charge < -0.3 is 14.5 Å². The molecule has 0 spiro atoms. The van der Waals surface area contributed by atoms with Gasteiger partial charge in [0.1, 0.15) is 5.75 Å². The van der Waals surface area contributed by atoms with E-state index in [1.54, 1.807) is 7.11 Å². The van der Waals surface area contributed by atoms with Gasteiger partial charge in [-0.2, -0.15) is 0 Å². The minimum atomic E-state index is -0.00828. The molecule has 0 atom stereocenters. The van der Waals surface area contributed by atoms with Crippen LogP contribution in [-0.2, 0) is 16.0 Å². The van der Waals surface area contributed by atoms with Crippen LogP contribution in [-0.4, -0.2) is 54.9 Å². The highest BCUT2D eigenvalue weighted by atomic mass is 16.5. The lowest BCUT2D eigenvalue weighted by molar-refractivity contribution is -0.140. The standard InChI is InChI=1S/C22H34N2O3/c1-15-12-18(16(2)17(3)21(15)27-7)13-19(25)23-8-10-24(11-9-23)20(26)14-22(4,5)6/h12H,8-11,13-14H2,1-7H3. The van der Waals surface area contributed by atoms with Crippen LogP contribution in [0.5, 0.6) is 5.75 Å². The zero-order chi connectivity index (χ0) is 20.4. The maximum Gasteiger partial charge on any atom is 0.227 e. The van der Waals surface area contributed by atoms with Crippen molar-refractivity contribution in [2.75, 3.05) is 33.3 Å². The summed E-state index contributed by atoms with van der Waals surface area (Å²) < 4.78 is 5.47. The first-order chi connectivity index (χ1) is 12.5. The molecule has 1 saturated heterocycles. The van der Waals surface area contributed by atoms with Crippen molar-refractivity contribution >= 4 is 11.8 Å². The number of rotatable bonds is 4. The number of nitrogens with zero attached hydrogens (tertiary/aromatic N) is 2. The third-order valence-corrected chi connectivity index (χ3v) is 5.35. The van der Waals surface area contributed by atoms with Crippen LogP contribution in [0, 0.1) is 26.2 Å². The Kier molecular flexibility index (Phi) is 6.55. The largest absolute Gasteiger partial charge is 0.496 e. The molecule has 1 heterocycles. The quantitative estimate of drug-likeness (QED) is 0.813. The summed E-state index contributed by atoms with van der Waals surface area (Å²) >= 11 is 0. The van der Waals surface area contributed by atoms with E-state index >= 15 is 0 Å². The monoisotopic (exact) mass is 374 g/mol. The van der Waals surface area contributed by atoms with E-state index in [0.717, 1.165) is 28.0 Å². The fourth-order valence-electron chi connectivity index (χ4n) is 3.69. The zero-order valence-corrected chi connectivity index (χ0v) is 17.9. The van der Waals surface area contributed by atoms with Crippen LogP contribution in [0.2, 0.25) is 0 Å². The molecule has 1 aromatic carbocycles. The van der Waals surface area contributed by atoms with Gasteiger partial charge in [0.2, 0.25) is 11.8 Å². The van der Waals surface area contributed by atoms with Gasteiger partial charge in [-0.05, 0) is 48.4 Å². The van der Waals surface area contributed by atoms with Crippen molar-refractivity contribution in [3.8, 4) is 5.75 Å². The van der Waals surface area contributed by atoms with Crippen LogP contribution in [0.1, 0.15) is 49.4 Å². The molecular weight excluding hydrogens is 340 g/mol. The fraction of sp³-hybridized carbons (Fsp3) is 0.636. The predicted molar refractivity (Wildman–Crippen MR) is 108 cm³/mol. The van der Waals surface area contributed by atoms with Crippen LogP contribution in [0.4, 0.5) is 0 Å². The van der Waals surface area contributed by atoms with Gasteiger partial charge >= 0.3 is 0 Å². The number of aryl methyl sites for hydroxylation is 1. The van der Waals surface area contributed by atoms with E-state index in [2.05, 4.69) is 26.8 Å². The first kappa shape index (κ1) is 21.3. The minimum Gasteiger partial charge on any atom is -0.496 e. The molecule has 0 radical (unpaired) electrons. The molecule has 1 aliphatic rings. The van der Waals surface area contributed by atoms with Crippen molar-refractivity contribution in [2.45, 2.75) is 54.4 Å². The Bertz CT molecular complexity index is 711. The second-order valence-corrected chi connectivity index (χ2v) is 8.81. The maximum atomic E-state index is 12.8. The van der Waals surface area contributed by atoms with Crippen molar-refractivity contribution in [3.05, 3.63) is 28.3 Å². The van der Waals surface area contributed by atoms with Crippen molar-refractivity contribution in [1.29, 1.82) is 0 Å². The van der Waals surface area contributed by atoms with Crippen LogP contribution in [0.3, 0.4) is 0 Å². The van der Waals surface area contributed by atoms with E-state index in [1.165, 1.54) is 0 Å². The van der Waals surface area contributed by atoms with E-state index in [9.17, 15) is 9.59 Å². The summed E-state index contributed by atoms with van der Waals surface area (Å²) in [5.41, 5.74) is 4.32. The van der Waals surface area contributed by atoms with Crippen molar-refractivity contribution in [2.24, 2.45) is 5.41 Å². The molecule has 0 aromatic heterocycles. The molecule has 0 bridgehead atoms. The number of benzene rings is 1. The van der Waals surface area contributed by atoms with E-state index in [0.29, 0.717) is 39.0 Å². The lowest BCUT2D eigenvalue weighted by atomic mass is 9.91. The highest BCUT2D eigenvalue weighted by Gasteiger charge is 2.27. The topological polar surface area (TPSA) is 49.9 Å². The van der Waals surface area contributed by atoms with Crippen molar-refractivity contribution < 1.29 is 14.3 Å². The van der Waals surface area contributed by atoms with E-state index in [-0.39, 0.29) is 17.2 Å². The zero-order valence-electron chi connectivity index (χ0n) is 17.9. The third kappa shape index (κ3) is 5.24. The van der Waals surface area contributed by atoms with Gasteiger partial charge in [0.25, 0.3) is 0 Å². The predicted octanol–water partition coefficient (Wildman–Crippen LogP) is 3.27. The number of piperazine rings is 1. The molecule has 0 N–H and O–H groups in total. The van der Waals surface area contributed by atoms with Crippen LogP contribution in [0.15, 0.2) is 6.07 Å². The SMILES string of the molecule is COc1c(C)cc(CC(=O)N2CCN(C(=O)CC(C)(C)C)CC2)c(C)c1C. The average molecular weight is 375 g/mol. The van der Waals surface area contributed by atoms with Crippen molar-refractivity contribution in [1.82, 2.24) is 9.80 Å². The Morgan fingerprint density at radius 1 is 0.963 bits per heavy atom. The third-order valence-electron chi connectivity index (χ3n) is 5.35. The first-order valence-electron chi connectivity index (χ1n) is 9.72. The Hall–Kier alpha value is -2.04. The molecule has 1 aromatic rings. The summed E-state index contributed by atoms with van der Waals surface area (Å²) in [5, 5.41) is 0. The molecule has 0 aliphatic carbocycles. The van der Waals surface area contributed by atoms with Gasteiger partial charge in [-0.1, -0.05) is 26.8 Å². The Morgan fingerprint density at radius 3 is 1.96 bits per heavy atom. The molecule has 1 aliphatic heterocycles. The van der Waals surface area contributed by atoms with Gasteiger partial charge in [0, 0.05) is 32.6 Å². The lowest BCUT2D eigenvalue weighted by Crippen LogP contribution is -2.51. The number of hydrogen-bond donors (Lipinski definition) is 0. The summed E-state index contributed by atoms with van der Waals surface area (Å²) in [4.78, 5) is 28.9. The van der Waals surface area contributed by atoms with Crippen molar-refractivity contribution in [3.63, 3.8) is 0 Å². The highest BCUT2D eigenvalue weighted by Crippen LogP contribution is 2.29. The van der Waals surface area contributed by atoms with E-state index in [1.807, 2.05) is 30.6 Å². The molecule has 5 nitrogen and oxygen atoms in total. The van der Waals surface area contributed by atoms with Gasteiger partial charge in [-0.3, -0.25) is 9.59 Å². The second kappa shape index (κ2) is 8.32. The first-order valence-corrected chi connectivity index (χ1v) is 9.72. The Morgan fingerprint density at radius 2 is 1.48 bits per heavy atom. The molecule has 1 fully saturated rings. The fourth-order valence-corrected chi connectivity index (χ4v) is 3.69. The Balaban J connectivity index is 1.98.